The van der Waals surface area contributed by atoms with E-state index in [0.717, 1.165) is 19.4 Å². The lowest BCUT2D eigenvalue weighted by atomic mass is 10.1. The molecule has 23 heavy (non-hydrogen) atoms. The van der Waals surface area contributed by atoms with Crippen LogP contribution in [0.5, 0.6) is 11.5 Å². The number of primary amides is 1. The lowest BCUT2D eigenvalue weighted by Crippen LogP contribution is -2.27. The SMILES string of the molecule is COc1ccc(NC(=O)CC2CCCN2)cc1OCC(N)=O.Cl. The number of benzene rings is 1. The van der Waals surface area contributed by atoms with E-state index in [2.05, 4.69) is 10.6 Å². The lowest BCUT2D eigenvalue weighted by molar-refractivity contribution is -0.120. The molecular formula is C15H22ClN3O4. The average molecular weight is 344 g/mol. The van der Waals surface area contributed by atoms with Crippen molar-refractivity contribution in [3.8, 4) is 11.5 Å². The second kappa shape index (κ2) is 9.22. The normalized spacial score (nSPS) is 16.3. The number of carbonyl (C=O) groups is 2. The van der Waals surface area contributed by atoms with Crippen LogP contribution in [0.1, 0.15) is 19.3 Å². The molecule has 1 atom stereocenters. The molecule has 1 aliphatic heterocycles. The summed E-state index contributed by atoms with van der Waals surface area (Å²) in [5.41, 5.74) is 5.65. The molecular weight excluding hydrogens is 322 g/mol. The van der Waals surface area contributed by atoms with E-state index in [1.54, 1.807) is 18.2 Å². The highest BCUT2D eigenvalue weighted by molar-refractivity contribution is 5.91. The van der Waals surface area contributed by atoms with E-state index in [0.29, 0.717) is 23.6 Å². The second-order valence-electron chi connectivity index (χ2n) is 5.17. The van der Waals surface area contributed by atoms with Crippen LogP contribution >= 0.6 is 12.4 Å². The summed E-state index contributed by atoms with van der Waals surface area (Å²) in [6.45, 7) is 0.714. The summed E-state index contributed by atoms with van der Waals surface area (Å²) in [6.07, 6.45) is 2.55. The molecule has 1 fully saturated rings. The van der Waals surface area contributed by atoms with Crippen LogP contribution in [0.15, 0.2) is 18.2 Å². The van der Waals surface area contributed by atoms with Gasteiger partial charge in [-0.2, -0.15) is 0 Å². The summed E-state index contributed by atoms with van der Waals surface area (Å²) in [6, 6.07) is 5.24. The summed E-state index contributed by atoms with van der Waals surface area (Å²) >= 11 is 0. The van der Waals surface area contributed by atoms with Gasteiger partial charge >= 0.3 is 0 Å². The first-order chi connectivity index (χ1) is 10.6. The van der Waals surface area contributed by atoms with Crippen molar-refractivity contribution in [3.63, 3.8) is 0 Å². The van der Waals surface area contributed by atoms with Crippen molar-refractivity contribution in [3.05, 3.63) is 18.2 Å². The Morgan fingerprint density at radius 1 is 1.39 bits per heavy atom. The van der Waals surface area contributed by atoms with E-state index < -0.39 is 5.91 Å². The van der Waals surface area contributed by atoms with Gasteiger partial charge in [0.2, 0.25) is 5.91 Å². The molecule has 128 valence electrons. The standard InChI is InChI=1S/C15H21N3O4.ClH/c1-21-12-5-4-11(7-13(12)22-9-14(16)19)18-15(20)8-10-3-2-6-17-10;/h4-5,7,10,17H,2-3,6,8-9H2,1H3,(H2,16,19)(H,18,20);1H. The van der Waals surface area contributed by atoms with Crippen LogP contribution in [-0.4, -0.2) is 38.1 Å². The van der Waals surface area contributed by atoms with Crippen molar-refractivity contribution >= 4 is 29.9 Å². The molecule has 2 amide bonds. The molecule has 0 bridgehead atoms. The molecule has 0 spiro atoms. The van der Waals surface area contributed by atoms with Crippen molar-refractivity contribution < 1.29 is 19.1 Å². The Labute approximate surface area is 141 Å². The van der Waals surface area contributed by atoms with Gasteiger partial charge in [0.05, 0.1) is 7.11 Å². The third-order valence-electron chi connectivity index (χ3n) is 3.41. The van der Waals surface area contributed by atoms with Crippen LogP contribution in [0.25, 0.3) is 0 Å². The summed E-state index contributed by atoms with van der Waals surface area (Å²) < 4.78 is 10.4. The van der Waals surface area contributed by atoms with Crippen LogP contribution in [0.4, 0.5) is 5.69 Å². The molecule has 1 heterocycles. The molecule has 8 heteroatoms. The average Bonchev–Trinajstić information content (AvgIpc) is 2.98. The fraction of sp³-hybridized carbons (Fsp3) is 0.467. The Morgan fingerprint density at radius 3 is 2.78 bits per heavy atom. The number of hydrogen-bond donors (Lipinski definition) is 3. The van der Waals surface area contributed by atoms with E-state index in [1.165, 1.54) is 7.11 Å². The van der Waals surface area contributed by atoms with Crippen molar-refractivity contribution in [2.24, 2.45) is 5.73 Å². The molecule has 1 aliphatic rings. The van der Waals surface area contributed by atoms with E-state index in [9.17, 15) is 9.59 Å². The number of carbonyl (C=O) groups excluding carboxylic acids is 2. The van der Waals surface area contributed by atoms with Crippen LogP contribution in [0, 0.1) is 0 Å². The number of ether oxygens (including phenoxy) is 2. The molecule has 1 aromatic carbocycles. The minimum Gasteiger partial charge on any atom is -0.493 e. The second-order valence-corrected chi connectivity index (χ2v) is 5.17. The van der Waals surface area contributed by atoms with Gasteiger partial charge in [-0.05, 0) is 31.5 Å². The van der Waals surface area contributed by atoms with Crippen molar-refractivity contribution in [1.82, 2.24) is 5.32 Å². The molecule has 0 saturated carbocycles. The van der Waals surface area contributed by atoms with E-state index >= 15 is 0 Å². The van der Waals surface area contributed by atoms with Crippen molar-refractivity contribution in [2.45, 2.75) is 25.3 Å². The van der Waals surface area contributed by atoms with E-state index in [-0.39, 0.29) is 31.0 Å². The summed E-state index contributed by atoms with van der Waals surface area (Å²) in [4.78, 5) is 22.8. The Hall–Kier alpha value is -1.99. The fourth-order valence-electron chi connectivity index (χ4n) is 2.38. The van der Waals surface area contributed by atoms with Gasteiger partial charge in [0.25, 0.3) is 5.91 Å². The molecule has 0 aliphatic carbocycles. The quantitative estimate of drug-likeness (QED) is 0.687. The molecule has 0 aromatic heterocycles. The van der Waals surface area contributed by atoms with Crippen LogP contribution < -0.4 is 25.8 Å². The number of hydrogen-bond acceptors (Lipinski definition) is 5. The number of anilines is 1. The molecule has 1 unspecified atom stereocenters. The van der Waals surface area contributed by atoms with Gasteiger partial charge in [0.1, 0.15) is 0 Å². The molecule has 1 aromatic rings. The zero-order valence-corrected chi connectivity index (χ0v) is 13.8. The zero-order valence-electron chi connectivity index (χ0n) is 13.0. The van der Waals surface area contributed by atoms with E-state index in [4.69, 9.17) is 15.2 Å². The predicted molar refractivity (Wildman–Crippen MR) is 89.2 cm³/mol. The van der Waals surface area contributed by atoms with Gasteiger partial charge in [-0.3, -0.25) is 9.59 Å². The first-order valence-electron chi connectivity index (χ1n) is 7.21. The minimum absolute atomic E-state index is 0. The highest BCUT2D eigenvalue weighted by atomic mass is 35.5. The monoisotopic (exact) mass is 343 g/mol. The number of halogens is 1. The Morgan fingerprint density at radius 2 is 2.17 bits per heavy atom. The summed E-state index contributed by atoms with van der Waals surface area (Å²) in [7, 11) is 1.50. The minimum atomic E-state index is -0.580. The van der Waals surface area contributed by atoms with Gasteiger partial charge in [0.15, 0.2) is 18.1 Å². The fourth-order valence-corrected chi connectivity index (χ4v) is 2.38. The van der Waals surface area contributed by atoms with Gasteiger partial charge < -0.3 is 25.8 Å². The Kier molecular flexibility index (Phi) is 7.64. The molecule has 1 saturated heterocycles. The van der Waals surface area contributed by atoms with Crippen molar-refractivity contribution in [1.29, 1.82) is 0 Å². The Bertz CT molecular complexity index is 548. The summed E-state index contributed by atoms with van der Waals surface area (Å²) in [5, 5.41) is 6.10. The zero-order chi connectivity index (χ0) is 15.9. The third-order valence-corrected chi connectivity index (χ3v) is 3.41. The first kappa shape index (κ1) is 19.1. The van der Waals surface area contributed by atoms with Gasteiger partial charge in [0, 0.05) is 24.2 Å². The maximum absolute atomic E-state index is 12.0. The van der Waals surface area contributed by atoms with Gasteiger partial charge in [-0.1, -0.05) is 0 Å². The van der Waals surface area contributed by atoms with Gasteiger partial charge in [-0.15, -0.1) is 12.4 Å². The highest BCUT2D eigenvalue weighted by Crippen LogP contribution is 2.30. The smallest absolute Gasteiger partial charge is 0.255 e. The van der Waals surface area contributed by atoms with Crippen molar-refractivity contribution in [2.75, 3.05) is 25.6 Å². The number of nitrogens with one attached hydrogen (secondary N) is 2. The number of amides is 2. The maximum atomic E-state index is 12.0. The molecule has 4 N–H and O–H groups in total. The third kappa shape index (κ3) is 5.96. The van der Waals surface area contributed by atoms with Gasteiger partial charge in [-0.25, -0.2) is 0 Å². The van der Waals surface area contributed by atoms with Crippen LogP contribution in [0.3, 0.4) is 0 Å². The molecule has 2 rings (SSSR count). The predicted octanol–water partition coefficient (Wildman–Crippen LogP) is 1.06. The van der Waals surface area contributed by atoms with Crippen LogP contribution in [0.2, 0.25) is 0 Å². The van der Waals surface area contributed by atoms with E-state index in [1.807, 2.05) is 0 Å². The lowest BCUT2D eigenvalue weighted by Gasteiger charge is -2.13. The maximum Gasteiger partial charge on any atom is 0.255 e. The molecule has 0 radical (unpaired) electrons. The number of rotatable bonds is 7. The highest BCUT2D eigenvalue weighted by Gasteiger charge is 2.18. The first-order valence-corrected chi connectivity index (χ1v) is 7.21. The summed E-state index contributed by atoms with van der Waals surface area (Å²) in [5.74, 6) is 0.184. The number of nitrogens with two attached hydrogens (primary N) is 1. The number of methoxy groups -OCH3 is 1. The largest absolute Gasteiger partial charge is 0.493 e. The van der Waals surface area contributed by atoms with Crippen LogP contribution in [-0.2, 0) is 9.59 Å². The molecule has 7 nitrogen and oxygen atoms in total. The topological polar surface area (TPSA) is 103 Å². The Balaban J connectivity index is 0.00000264.